The Morgan fingerprint density at radius 3 is 2.60 bits per heavy atom. The van der Waals surface area contributed by atoms with E-state index in [0.29, 0.717) is 17.5 Å². The minimum atomic E-state index is -0.850. The van der Waals surface area contributed by atoms with Crippen molar-refractivity contribution in [1.82, 2.24) is 15.0 Å². The number of benzene rings is 2. The molecule has 6 nitrogen and oxygen atoms in total. The number of aromatic amines is 1. The highest BCUT2D eigenvalue weighted by atomic mass is 16.5. The molecule has 2 aromatic carbocycles. The van der Waals surface area contributed by atoms with Crippen molar-refractivity contribution in [2.45, 2.75) is 37.4 Å². The topological polar surface area (TPSA) is 91.3 Å². The standard InChI is InChI=1S/C24H23N3O3/c28-17-10-7-16(14-17)19-4-3-13-25-24(19)30-18-11-8-15(9-12-18)22(29)23-26-20-5-1-2-6-21(20)27-23/h1-6,8-9,11-13,16-17,22,28-29H,7,10,14H2,(H,26,27). The first-order chi connectivity index (χ1) is 14.7. The number of hydrogen-bond acceptors (Lipinski definition) is 5. The van der Waals surface area contributed by atoms with Gasteiger partial charge in [0.15, 0.2) is 0 Å². The molecule has 1 aliphatic carbocycles. The zero-order chi connectivity index (χ0) is 20.5. The molecule has 6 heteroatoms. The Morgan fingerprint density at radius 1 is 1.00 bits per heavy atom. The fourth-order valence-electron chi connectivity index (χ4n) is 4.13. The lowest BCUT2D eigenvalue weighted by Gasteiger charge is -2.15. The molecule has 2 aromatic heterocycles. The minimum Gasteiger partial charge on any atom is -0.439 e. The van der Waals surface area contributed by atoms with Crippen LogP contribution in [0.1, 0.15) is 48.2 Å². The van der Waals surface area contributed by atoms with Crippen LogP contribution in [0, 0.1) is 0 Å². The highest BCUT2D eigenvalue weighted by Gasteiger charge is 2.27. The van der Waals surface area contributed by atoms with Crippen LogP contribution in [-0.4, -0.2) is 31.3 Å². The van der Waals surface area contributed by atoms with Crippen LogP contribution in [-0.2, 0) is 0 Å². The van der Waals surface area contributed by atoms with Crippen molar-refractivity contribution in [3.8, 4) is 11.6 Å². The van der Waals surface area contributed by atoms with Gasteiger partial charge in [-0.05, 0) is 61.1 Å². The van der Waals surface area contributed by atoms with Gasteiger partial charge in [0.25, 0.3) is 0 Å². The van der Waals surface area contributed by atoms with Crippen molar-refractivity contribution in [2.24, 2.45) is 0 Å². The second kappa shape index (κ2) is 7.89. The monoisotopic (exact) mass is 401 g/mol. The van der Waals surface area contributed by atoms with Crippen LogP contribution in [0.15, 0.2) is 66.9 Å². The molecule has 30 heavy (non-hydrogen) atoms. The highest BCUT2D eigenvalue weighted by molar-refractivity contribution is 5.74. The third-order valence-corrected chi connectivity index (χ3v) is 5.72. The molecule has 0 bridgehead atoms. The molecule has 1 fully saturated rings. The number of imidazole rings is 1. The van der Waals surface area contributed by atoms with Gasteiger partial charge in [-0.2, -0.15) is 0 Å². The summed E-state index contributed by atoms with van der Waals surface area (Å²) < 4.78 is 6.05. The Bertz CT molecular complexity index is 1120. The summed E-state index contributed by atoms with van der Waals surface area (Å²) >= 11 is 0. The van der Waals surface area contributed by atoms with Crippen LogP contribution < -0.4 is 4.74 Å². The van der Waals surface area contributed by atoms with Crippen LogP contribution in [0.5, 0.6) is 11.6 Å². The number of nitrogens with zero attached hydrogens (tertiary/aromatic N) is 2. The maximum Gasteiger partial charge on any atom is 0.222 e. The zero-order valence-electron chi connectivity index (χ0n) is 16.4. The van der Waals surface area contributed by atoms with E-state index in [2.05, 4.69) is 15.0 Å². The first kappa shape index (κ1) is 18.8. The van der Waals surface area contributed by atoms with Gasteiger partial charge in [0.2, 0.25) is 5.88 Å². The molecule has 1 saturated carbocycles. The van der Waals surface area contributed by atoms with Gasteiger partial charge in [0.1, 0.15) is 17.7 Å². The summed E-state index contributed by atoms with van der Waals surface area (Å²) in [5.41, 5.74) is 3.47. The van der Waals surface area contributed by atoms with Crippen LogP contribution in [0.2, 0.25) is 0 Å². The normalized spacial score (nSPS) is 19.8. The van der Waals surface area contributed by atoms with E-state index >= 15 is 0 Å². The van der Waals surface area contributed by atoms with E-state index < -0.39 is 6.10 Å². The number of H-pyrrole nitrogens is 1. The van der Waals surface area contributed by atoms with Crippen molar-refractivity contribution >= 4 is 11.0 Å². The molecule has 5 rings (SSSR count). The summed E-state index contributed by atoms with van der Waals surface area (Å²) in [6.07, 6.45) is 3.10. The second-order valence-corrected chi connectivity index (χ2v) is 7.77. The number of rotatable bonds is 5. The lowest BCUT2D eigenvalue weighted by molar-refractivity contribution is 0.181. The molecule has 3 atom stereocenters. The average molecular weight is 401 g/mol. The van der Waals surface area contributed by atoms with Gasteiger partial charge in [-0.3, -0.25) is 0 Å². The molecule has 0 aliphatic heterocycles. The minimum absolute atomic E-state index is 0.248. The highest BCUT2D eigenvalue weighted by Crippen LogP contribution is 2.39. The summed E-state index contributed by atoms with van der Waals surface area (Å²) in [5.74, 6) is 1.99. The van der Waals surface area contributed by atoms with Gasteiger partial charge in [-0.15, -0.1) is 0 Å². The van der Waals surface area contributed by atoms with Crippen molar-refractivity contribution < 1.29 is 14.9 Å². The third kappa shape index (κ3) is 3.67. The molecular weight excluding hydrogens is 378 g/mol. The van der Waals surface area contributed by atoms with E-state index in [9.17, 15) is 10.2 Å². The second-order valence-electron chi connectivity index (χ2n) is 7.77. The molecule has 0 spiro atoms. The van der Waals surface area contributed by atoms with Crippen LogP contribution in [0.3, 0.4) is 0 Å². The number of ether oxygens (including phenoxy) is 1. The van der Waals surface area contributed by atoms with Crippen LogP contribution in [0.25, 0.3) is 11.0 Å². The molecule has 1 aliphatic rings. The number of hydrogen-bond donors (Lipinski definition) is 3. The molecule has 0 radical (unpaired) electrons. The number of fused-ring (bicyclic) bond motifs is 1. The van der Waals surface area contributed by atoms with Crippen molar-refractivity contribution in [2.75, 3.05) is 0 Å². The van der Waals surface area contributed by atoms with E-state index in [0.717, 1.165) is 41.4 Å². The number of para-hydroxylation sites is 2. The molecule has 2 heterocycles. The number of pyridine rings is 1. The quantitative estimate of drug-likeness (QED) is 0.459. The Morgan fingerprint density at radius 2 is 1.83 bits per heavy atom. The summed E-state index contributed by atoms with van der Waals surface area (Å²) in [5, 5.41) is 20.6. The lowest BCUT2D eigenvalue weighted by atomic mass is 9.99. The zero-order valence-corrected chi connectivity index (χ0v) is 16.4. The number of nitrogens with one attached hydrogen (secondary N) is 1. The van der Waals surface area contributed by atoms with E-state index in [1.54, 1.807) is 6.20 Å². The molecule has 0 saturated heterocycles. The molecule has 4 aromatic rings. The number of aliphatic hydroxyl groups excluding tert-OH is 2. The summed E-state index contributed by atoms with van der Waals surface area (Å²) in [7, 11) is 0. The van der Waals surface area contributed by atoms with E-state index in [1.807, 2.05) is 60.7 Å². The first-order valence-electron chi connectivity index (χ1n) is 10.2. The van der Waals surface area contributed by atoms with Gasteiger partial charge in [0.05, 0.1) is 17.1 Å². The van der Waals surface area contributed by atoms with Gasteiger partial charge in [-0.1, -0.05) is 30.3 Å². The molecule has 3 unspecified atom stereocenters. The predicted molar refractivity (Wildman–Crippen MR) is 114 cm³/mol. The van der Waals surface area contributed by atoms with Crippen molar-refractivity contribution in [3.05, 3.63) is 83.8 Å². The number of aromatic nitrogens is 3. The Hall–Kier alpha value is -3.22. The Kier molecular flexibility index (Phi) is 4.94. The van der Waals surface area contributed by atoms with Gasteiger partial charge in [-0.25, -0.2) is 9.97 Å². The van der Waals surface area contributed by atoms with Crippen molar-refractivity contribution in [3.63, 3.8) is 0 Å². The SMILES string of the molecule is OC1CCC(c2cccnc2Oc2ccc(C(O)c3nc4ccccc4[nH]3)cc2)C1. The van der Waals surface area contributed by atoms with E-state index in [1.165, 1.54) is 0 Å². The molecule has 3 N–H and O–H groups in total. The van der Waals surface area contributed by atoms with Gasteiger partial charge >= 0.3 is 0 Å². The largest absolute Gasteiger partial charge is 0.439 e. The molecule has 152 valence electrons. The maximum atomic E-state index is 10.7. The predicted octanol–water partition coefficient (Wildman–Crippen LogP) is 4.46. The Balaban J connectivity index is 1.34. The maximum absolute atomic E-state index is 10.7. The van der Waals surface area contributed by atoms with Gasteiger partial charge in [0, 0.05) is 11.8 Å². The fourth-order valence-corrected chi connectivity index (χ4v) is 4.13. The smallest absolute Gasteiger partial charge is 0.222 e. The van der Waals surface area contributed by atoms with Crippen LogP contribution in [0.4, 0.5) is 0 Å². The average Bonchev–Trinajstić information content (AvgIpc) is 3.40. The summed E-state index contributed by atoms with van der Waals surface area (Å²) in [4.78, 5) is 12.0. The first-order valence-corrected chi connectivity index (χ1v) is 10.2. The van der Waals surface area contributed by atoms with E-state index in [-0.39, 0.29) is 12.0 Å². The Labute approximate surface area is 174 Å². The number of aliphatic hydroxyl groups is 2. The molecular formula is C24H23N3O3. The van der Waals surface area contributed by atoms with Crippen LogP contribution >= 0.6 is 0 Å². The lowest BCUT2D eigenvalue weighted by Crippen LogP contribution is -2.03. The van der Waals surface area contributed by atoms with Gasteiger partial charge < -0.3 is 19.9 Å². The van der Waals surface area contributed by atoms with E-state index in [4.69, 9.17) is 4.74 Å². The fraction of sp³-hybridized carbons (Fsp3) is 0.250. The van der Waals surface area contributed by atoms with Crippen molar-refractivity contribution in [1.29, 1.82) is 0 Å². The third-order valence-electron chi connectivity index (χ3n) is 5.72. The summed E-state index contributed by atoms with van der Waals surface area (Å²) in [6, 6.07) is 18.9. The summed E-state index contributed by atoms with van der Waals surface area (Å²) in [6.45, 7) is 0. The molecule has 0 amide bonds.